The number of carboxylic acid groups (broad SMARTS) is 1. The number of aryl methyl sites for hydroxylation is 1. The van der Waals surface area contributed by atoms with Crippen LogP contribution in [0.2, 0.25) is 0 Å². The van der Waals surface area contributed by atoms with Crippen molar-refractivity contribution in [2.75, 3.05) is 7.11 Å². The van der Waals surface area contributed by atoms with Gasteiger partial charge in [0.25, 0.3) is 0 Å². The number of benzene rings is 3. The number of allylic oxidation sites excluding steroid dienone is 2. The number of carboxylic acids is 1. The van der Waals surface area contributed by atoms with Crippen molar-refractivity contribution in [3.05, 3.63) is 101 Å². The number of aromatic hydroxyl groups is 1. The molecule has 0 bridgehead atoms. The first kappa shape index (κ1) is 41.5. The molecule has 4 rings (SSSR count). The van der Waals surface area contributed by atoms with Gasteiger partial charge in [-0.3, -0.25) is 4.79 Å². The summed E-state index contributed by atoms with van der Waals surface area (Å²) in [7, 11) is 1.19. The predicted molar refractivity (Wildman–Crippen MR) is 202 cm³/mol. The van der Waals surface area contributed by atoms with Crippen LogP contribution in [0.4, 0.5) is 0 Å². The van der Waals surface area contributed by atoms with Crippen LogP contribution in [-0.4, -0.2) is 57.7 Å². The molecular weight excluding hydrogens is 764 g/mol. The molecule has 0 aliphatic heterocycles. The summed E-state index contributed by atoms with van der Waals surface area (Å²) in [5.74, 6) is -5.28. The van der Waals surface area contributed by atoms with Gasteiger partial charge in [-0.05, 0) is 152 Å². The molecule has 1 aliphatic rings. The second-order valence-electron chi connectivity index (χ2n) is 13.7. The van der Waals surface area contributed by atoms with E-state index in [-0.39, 0.29) is 66.8 Å². The maximum absolute atomic E-state index is 13.8. The highest BCUT2D eigenvalue weighted by molar-refractivity contribution is 9.10. The van der Waals surface area contributed by atoms with Crippen LogP contribution < -0.4 is 14.2 Å². The summed E-state index contributed by atoms with van der Waals surface area (Å²) in [6.07, 6.45) is 2.03. The van der Waals surface area contributed by atoms with Crippen molar-refractivity contribution in [1.29, 1.82) is 0 Å². The number of halogens is 1. The summed E-state index contributed by atoms with van der Waals surface area (Å²) in [4.78, 5) is 65.0. The largest absolute Gasteiger partial charge is 0.506 e. The number of carbonyl (C=O) groups excluding carboxylic acids is 4. The van der Waals surface area contributed by atoms with Gasteiger partial charge in [0.05, 0.1) is 18.2 Å². The Morgan fingerprint density at radius 1 is 0.722 bits per heavy atom. The van der Waals surface area contributed by atoms with Gasteiger partial charge in [-0.2, -0.15) is 0 Å². The SMILES string of the molecule is COC1=CC(=O)C=C(C)[C@]1(O)C(=O)Oc1c(C)c(C)c(C(=O)Oc2cc(C)c(C(=O)Oc3c(C)c(C)c(C(=O)O)c(C(C)C)c3C)c(C)c2C)c(O)c1Br. The van der Waals surface area contributed by atoms with E-state index >= 15 is 0 Å². The first-order valence-corrected chi connectivity index (χ1v) is 17.7. The first-order valence-electron chi connectivity index (χ1n) is 16.9. The van der Waals surface area contributed by atoms with Crippen LogP contribution >= 0.6 is 15.9 Å². The molecule has 0 saturated heterocycles. The summed E-state index contributed by atoms with van der Waals surface area (Å²) < 4.78 is 22.3. The molecule has 3 aromatic carbocycles. The van der Waals surface area contributed by atoms with Crippen LogP contribution in [0.5, 0.6) is 23.0 Å². The Labute approximate surface area is 321 Å². The number of aromatic carboxylic acids is 1. The standard InChI is InChI=1S/C41H43BrO12/c1-16(2)29-25(11)35(23(9)21(7)31(29)37(45)46)53-38(47)30-17(3)13-27(19(5)20(30)6)52-39(48)32-22(8)24(10)36(33(42)34(32)44)54-40(49)41(50)18(4)14-26(43)15-28(41)51-12/h13-16,44,50H,1-12H3,(H,45,46)/t41-/m1/s1. The molecular formula is C41H43BrO12. The molecule has 0 unspecified atom stereocenters. The monoisotopic (exact) mass is 806 g/mol. The molecule has 0 spiro atoms. The number of hydrogen-bond acceptors (Lipinski definition) is 11. The molecule has 1 aliphatic carbocycles. The van der Waals surface area contributed by atoms with Gasteiger partial charge in [-0.1, -0.05) is 13.8 Å². The highest BCUT2D eigenvalue weighted by Crippen LogP contribution is 2.44. The van der Waals surface area contributed by atoms with Crippen molar-refractivity contribution in [3.63, 3.8) is 0 Å². The van der Waals surface area contributed by atoms with Crippen LogP contribution in [0.1, 0.15) is 108 Å². The molecule has 0 heterocycles. The lowest BCUT2D eigenvalue weighted by Crippen LogP contribution is -2.47. The number of rotatable bonds is 9. The Hall–Kier alpha value is -5.27. The Bertz CT molecular complexity index is 2210. The van der Waals surface area contributed by atoms with Gasteiger partial charge in [-0.15, -0.1) is 0 Å². The summed E-state index contributed by atoms with van der Waals surface area (Å²) in [5, 5.41) is 32.4. The fourth-order valence-electron chi connectivity index (χ4n) is 6.77. The zero-order valence-electron chi connectivity index (χ0n) is 32.2. The average Bonchev–Trinajstić information content (AvgIpc) is 3.08. The molecule has 286 valence electrons. The van der Waals surface area contributed by atoms with Gasteiger partial charge in [0, 0.05) is 6.08 Å². The van der Waals surface area contributed by atoms with Gasteiger partial charge < -0.3 is 34.3 Å². The Morgan fingerprint density at radius 2 is 1.26 bits per heavy atom. The molecule has 12 nitrogen and oxygen atoms in total. The number of ketones is 1. The van der Waals surface area contributed by atoms with E-state index in [1.54, 1.807) is 41.5 Å². The number of phenolic OH excluding ortho intramolecular Hbond substituents is 1. The van der Waals surface area contributed by atoms with Crippen LogP contribution in [-0.2, 0) is 14.3 Å². The Morgan fingerprint density at radius 3 is 1.81 bits per heavy atom. The zero-order chi connectivity index (χ0) is 40.9. The van der Waals surface area contributed by atoms with Crippen molar-refractivity contribution >= 4 is 45.6 Å². The number of aliphatic hydroxyl groups is 1. The van der Waals surface area contributed by atoms with Crippen molar-refractivity contribution in [2.45, 2.75) is 87.7 Å². The van der Waals surface area contributed by atoms with Crippen molar-refractivity contribution in [2.24, 2.45) is 0 Å². The fourth-order valence-corrected chi connectivity index (χ4v) is 7.35. The van der Waals surface area contributed by atoms with E-state index in [0.29, 0.717) is 38.9 Å². The third-order valence-corrected chi connectivity index (χ3v) is 10.9. The Kier molecular flexibility index (Phi) is 11.7. The number of carbonyl (C=O) groups is 5. The minimum atomic E-state index is -2.43. The lowest BCUT2D eigenvalue weighted by atomic mass is 9.86. The molecule has 0 fully saturated rings. The second kappa shape index (κ2) is 15.2. The average molecular weight is 808 g/mol. The molecule has 0 amide bonds. The van der Waals surface area contributed by atoms with E-state index in [4.69, 9.17) is 18.9 Å². The predicted octanol–water partition coefficient (Wildman–Crippen LogP) is 7.58. The maximum atomic E-state index is 13.8. The maximum Gasteiger partial charge on any atom is 0.356 e. The normalized spacial score (nSPS) is 15.4. The summed E-state index contributed by atoms with van der Waals surface area (Å²) >= 11 is 3.21. The smallest absolute Gasteiger partial charge is 0.356 e. The number of ether oxygens (including phenoxy) is 4. The highest BCUT2D eigenvalue weighted by Gasteiger charge is 2.48. The molecule has 3 aromatic rings. The van der Waals surface area contributed by atoms with E-state index in [1.807, 2.05) is 13.8 Å². The van der Waals surface area contributed by atoms with Crippen molar-refractivity contribution in [3.8, 4) is 23.0 Å². The number of hydrogen-bond donors (Lipinski definition) is 3. The molecule has 3 N–H and O–H groups in total. The molecule has 0 aromatic heterocycles. The van der Waals surface area contributed by atoms with E-state index in [1.165, 1.54) is 33.9 Å². The molecule has 0 radical (unpaired) electrons. The first-order chi connectivity index (χ1) is 25.0. The minimum Gasteiger partial charge on any atom is -0.506 e. The number of esters is 3. The van der Waals surface area contributed by atoms with Gasteiger partial charge in [-0.25, -0.2) is 19.2 Å². The van der Waals surface area contributed by atoms with Crippen molar-refractivity contribution in [1.82, 2.24) is 0 Å². The van der Waals surface area contributed by atoms with Crippen LogP contribution in [0.3, 0.4) is 0 Å². The lowest BCUT2D eigenvalue weighted by molar-refractivity contribution is -0.151. The zero-order valence-corrected chi connectivity index (χ0v) is 33.8. The highest BCUT2D eigenvalue weighted by atomic mass is 79.9. The van der Waals surface area contributed by atoms with Gasteiger partial charge in [0.15, 0.2) is 11.5 Å². The molecule has 0 saturated carbocycles. The van der Waals surface area contributed by atoms with Crippen LogP contribution in [0.25, 0.3) is 0 Å². The molecule has 1 atom stereocenters. The summed E-state index contributed by atoms with van der Waals surface area (Å²) in [6, 6.07) is 1.51. The Balaban J connectivity index is 1.68. The third kappa shape index (κ3) is 6.93. The van der Waals surface area contributed by atoms with Gasteiger partial charge in [0.1, 0.15) is 33.0 Å². The molecule has 13 heteroatoms. The summed E-state index contributed by atoms with van der Waals surface area (Å²) in [5.41, 5.74) is 1.68. The topological polar surface area (TPSA) is 183 Å². The number of phenols is 1. The van der Waals surface area contributed by atoms with Crippen LogP contribution in [0.15, 0.2) is 34.0 Å². The fraction of sp³-hybridized carbons (Fsp3) is 0.341. The van der Waals surface area contributed by atoms with E-state index in [2.05, 4.69) is 15.9 Å². The van der Waals surface area contributed by atoms with Gasteiger partial charge >= 0.3 is 23.9 Å². The third-order valence-electron chi connectivity index (χ3n) is 10.1. The number of methoxy groups -OCH3 is 1. The van der Waals surface area contributed by atoms with E-state index in [9.17, 15) is 39.3 Å². The molecule has 54 heavy (non-hydrogen) atoms. The van der Waals surface area contributed by atoms with Gasteiger partial charge in [0.2, 0.25) is 5.60 Å². The van der Waals surface area contributed by atoms with Crippen LogP contribution in [0, 0.1) is 55.4 Å². The second-order valence-corrected chi connectivity index (χ2v) is 14.5. The van der Waals surface area contributed by atoms with E-state index in [0.717, 1.165) is 12.2 Å². The lowest BCUT2D eigenvalue weighted by Gasteiger charge is -2.30. The minimum absolute atomic E-state index is 0.0398. The quantitative estimate of drug-likeness (QED) is 0.143. The van der Waals surface area contributed by atoms with Crippen molar-refractivity contribution < 1.29 is 58.2 Å². The summed E-state index contributed by atoms with van der Waals surface area (Å²) in [6.45, 7) is 18.3. The van der Waals surface area contributed by atoms with E-state index < -0.39 is 41.0 Å².